The van der Waals surface area contributed by atoms with E-state index in [9.17, 15) is 0 Å². The van der Waals surface area contributed by atoms with Crippen LogP contribution in [0.25, 0.3) is 49.7 Å². The summed E-state index contributed by atoms with van der Waals surface area (Å²) < 4.78 is 2.38. The van der Waals surface area contributed by atoms with Gasteiger partial charge in [-0.05, 0) is 94.0 Å². The molecule has 9 rings (SSSR count). The van der Waals surface area contributed by atoms with Crippen LogP contribution >= 0.6 is 0 Å². The number of fused-ring (bicyclic) bond motifs is 6. The van der Waals surface area contributed by atoms with Gasteiger partial charge in [-0.3, -0.25) is 0 Å². The number of benzene rings is 7. The maximum atomic E-state index is 2.41. The summed E-state index contributed by atoms with van der Waals surface area (Å²) in [6.45, 7) is 4.73. The summed E-state index contributed by atoms with van der Waals surface area (Å²) in [5.41, 5.74) is 14.8. The SMILES string of the molecule is CC1(C)c2ccccc2-c2cc(N(c3ccccc3)c3ccc(-n4c5ccccc5c5ccccc54)cc3)cc(-c3ccccc3)c21. The molecule has 2 heteroatoms. The van der Waals surface area contributed by atoms with Crippen molar-refractivity contribution in [3.8, 4) is 27.9 Å². The third-order valence-electron chi connectivity index (χ3n) is 9.94. The highest BCUT2D eigenvalue weighted by Crippen LogP contribution is 2.54. The fraction of sp³-hybridized carbons (Fsp3) is 0.0667. The number of para-hydroxylation sites is 3. The monoisotopic (exact) mass is 602 g/mol. The van der Waals surface area contributed by atoms with E-state index in [1.807, 2.05) is 0 Å². The van der Waals surface area contributed by atoms with E-state index in [1.54, 1.807) is 0 Å². The fourth-order valence-corrected chi connectivity index (χ4v) is 7.86. The molecule has 1 aliphatic rings. The van der Waals surface area contributed by atoms with E-state index in [0.717, 1.165) is 22.7 Å². The summed E-state index contributed by atoms with van der Waals surface area (Å²) in [6, 6.07) is 61.8. The Labute approximate surface area is 275 Å². The van der Waals surface area contributed by atoms with Crippen LogP contribution < -0.4 is 4.90 Å². The lowest BCUT2D eigenvalue weighted by atomic mass is 9.78. The van der Waals surface area contributed by atoms with Crippen molar-refractivity contribution in [1.29, 1.82) is 0 Å². The van der Waals surface area contributed by atoms with E-state index < -0.39 is 0 Å². The molecule has 0 radical (unpaired) electrons. The molecule has 0 aliphatic heterocycles. The molecule has 1 aromatic heterocycles. The summed E-state index contributed by atoms with van der Waals surface area (Å²) in [6.07, 6.45) is 0. The Hall–Kier alpha value is -5.86. The summed E-state index contributed by atoms with van der Waals surface area (Å²) in [5.74, 6) is 0. The Kier molecular flexibility index (Phi) is 6.20. The number of hydrogen-bond donors (Lipinski definition) is 0. The second-order valence-electron chi connectivity index (χ2n) is 13.0. The summed E-state index contributed by atoms with van der Waals surface area (Å²) in [5, 5.41) is 2.54. The van der Waals surface area contributed by atoms with Gasteiger partial charge in [0.25, 0.3) is 0 Å². The van der Waals surface area contributed by atoms with Gasteiger partial charge in [-0.2, -0.15) is 0 Å². The Morgan fingerprint density at radius 3 is 1.66 bits per heavy atom. The van der Waals surface area contributed by atoms with Gasteiger partial charge in [0.1, 0.15) is 0 Å². The van der Waals surface area contributed by atoms with E-state index in [2.05, 4.69) is 193 Å². The van der Waals surface area contributed by atoms with Crippen molar-refractivity contribution in [2.24, 2.45) is 0 Å². The molecule has 0 amide bonds. The van der Waals surface area contributed by atoms with Crippen molar-refractivity contribution in [2.45, 2.75) is 19.3 Å². The van der Waals surface area contributed by atoms with Crippen molar-refractivity contribution >= 4 is 38.9 Å². The van der Waals surface area contributed by atoms with Crippen LogP contribution in [0.4, 0.5) is 17.1 Å². The highest BCUT2D eigenvalue weighted by molar-refractivity contribution is 6.09. The molecule has 1 heterocycles. The summed E-state index contributed by atoms with van der Waals surface area (Å²) in [4.78, 5) is 2.40. The quantitative estimate of drug-likeness (QED) is 0.190. The summed E-state index contributed by atoms with van der Waals surface area (Å²) >= 11 is 0. The molecule has 47 heavy (non-hydrogen) atoms. The second kappa shape index (κ2) is 10.6. The Balaban J connectivity index is 1.25. The molecule has 2 nitrogen and oxygen atoms in total. The normalized spacial score (nSPS) is 13.1. The molecule has 7 aromatic carbocycles. The topological polar surface area (TPSA) is 8.17 Å². The number of anilines is 3. The molecule has 0 saturated heterocycles. The Morgan fingerprint density at radius 2 is 0.979 bits per heavy atom. The molecular formula is C45H34N2. The third kappa shape index (κ3) is 4.26. The van der Waals surface area contributed by atoms with Crippen LogP contribution in [0.15, 0.2) is 170 Å². The first-order valence-electron chi connectivity index (χ1n) is 16.4. The zero-order chi connectivity index (χ0) is 31.5. The summed E-state index contributed by atoms with van der Waals surface area (Å²) in [7, 11) is 0. The van der Waals surface area contributed by atoms with Crippen LogP contribution in [-0.4, -0.2) is 4.57 Å². The molecule has 1 aliphatic carbocycles. The van der Waals surface area contributed by atoms with E-state index in [-0.39, 0.29) is 5.41 Å². The first-order valence-corrected chi connectivity index (χ1v) is 16.4. The molecule has 0 saturated carbocycles. The number of rotatable bonds is 5. The Bertz CT molecular complexity index is 2360. The van der Waals surface area contributed by atoms with E-state index >= 15 is 0 Å². The number of hydrogen-bond acceptors (Lipinski definition) is 1. The van der Waals surface area contributed by atoms with Gasteiger partial charge in [0, 0.05) is 38.9 Å². The molecule has 0 spiro atoms. The van der Waals surface area contributed by atoms with Crippen LogP contribution in [0.1, 0.15) is 25.0 Å². The van der Waals surface area contributed by atoms with Crippen molar-refractivity contribution in [2.75, 3.05) is 4.90 Å². The molecule has 0 bridgehead atoms. The molecule has 0 unspecified atom stereocenters. The van der Waals surface area contributed by atoms with Gasteiger partial charge in [0.15, 0.2) is 0 Å². The van der Waals surface area contributed by atoms with Crippen LogP contribution in [0.2, 0.25) is 0 Å². The maximum absolute atomic E-state index is 2.41. The predicted molar refractivity (Wildman–Crippen MR) is 198 cm³/mol. The maximum Gasteiger partial charge on any atom is 0.0541 e. The second-order valence-corrected chi connectivity index (χ2v) is 13.0. The zero-order valence-corrected chi connectivity index (χ0v) is 26.6. The largest absolute Gasteiger partial charge is 0.310 e. The van der Waals surface area contributed by atoms with Gasteiger partial charge in [-0.1, -0.05) is 123 Å². The highest BCUT2D eigenvalue weighted by Gasteiger charge is 2.38. The lowest BCUT2D eigenvalue weighted by Crippen LogP contribution is -2.17. The highest BCUT2D eigenvalue weighted by atomic mass is 15.1. The van der Waals surface area contributed by atoms with Crippen molar-refractivity contribution in [1.82, 2.24) is 4.57 Å². The lowest BCUT2D eigenvalue weighted by molar-refractivity contribution is 0.662. The van der Waals surface area contributed by atoms with E-state index in [1.165, 1.54) is 55.2 Å². The van der Waals surface area contributed by atoms with E-state index in [4.69, 9.17) is 0 Å². The molecule has 8 aromatic rings. The molecule has 0 fully saturated rings. The molecule has 224 valence electrons. The average Bonchev–Trinajstić information content (AvgIpc) is 3.58. The third-order valence-corrected chi connectivity index (χ3v) is 9.94. The van der Waals surface area contributed by atoms with Crippen molar-refractivity contribution in [3.05, 3.63) is 181 Å². The van der Waals surface area contributed by atoms with Gasteiger partial charge in [-0.15, -0.1) is 0 Å². The predicted octanol–water partition coefficient (Wildman–Crippen LogP) is 12.2. The smallest absolute Gasteiger partial charge is 0.0541 e. The van der Waals surface area contributed by atoms with Gasteiger partial charge >= 0.3 is 0 Å². The van der Waals surface area contributed by atoms with Crippen molar-refractivity contribution in [3.63, 3.8) is 0 Å². The van der Waals surface area contributed by atoms with Crippen LogP contribution in [0.5, 0.6) is 0 Å². The van der Waals surface area contributed by atoms with E-state index in [0.29, 0.717) is 0 Å². The van der Waals surface area contributed by atoms with Gasteiger partial charge < -0.3 is 9.47 Å². The van der Waals surface area contributed by atoms with Gasteiger partial charge in [0.2, 0.25) is 0 Å². The van der Waals surface area contributed by atoms with Crippen LogP contribution in [-0.2, 0) is 5.41 Å². The molecular weight excluding hydrogens is 569 g/mol. The average molecular weight is 603 g/mol. The minimum absolute atomic E-state index is 0.114. The lowest BCUT2D eigenvalue weighted by Gasteiger charge is -2.29. The Morgan fingerprint density at radius 1 is 0.447 bits per heavy atom. The van der Waals surface area contributed by atoms with Crippen molar-refractivity contribution < 1.29 is 0 Å². The first-order chi connectivity index (χ1) is 23.1. The number of nitrogens with zero attached hydrogens (tertiary/aromatic N) is 2. The molecule has 0 N–H and O–H groups in total. The van der Waals surface area contributed by atoms with Crippen LogP contribution in [0.3, 0.4) is 0 Å². The standard InChI is InChI=1S/C45H34N2/c1-45(2)41-22-12-9-19-36(41)40-30-35(29-39(44(40)45)31-15-5-3-6-16-31)46(32-17-7-4-8-18-32)33-25-27-34(28-26-33)47-42-23-13-10-20-37(42)38-21-11-14-24-43(38)47/h3-30H,1-2H3. The minimum atomic E-state index is -0.114. The minimum Gasteiger partial charge on any atom is -0.310 e. The molecule has 0 atom stereocenters. The van der Waals surface area contributed by atoms with Gasteiger partial charge in [0.05, 0.1) is 11.0 Å². The zero-order valence-electron chi connectivity index (χ0n) is 26.6. The fourth-order valence-electron chi connectivity index (χ4n) is 7.86. The number of aromatic nitrogens is 1. The first kappa shape index (κ1) is 27.5. The van der Waals surface area contributed by atoms with Gasteiger partial charge in [-0.25, -0.2) is 0 Å². The van der Waals surface area contributed by atoms with Crippen LogP contribution in [0, 0.1) is 0 Å².